The molecule has 0 radical (unpaired) electrons. The highest BCUT2D eigenvalue weighted by atomic mass is 32.2. The van der Waals surface area contributed by atoms with Crippen molar-refractivity contribution >= 4 is 82.1 Å². The molecule has 43 heavy (non-hydrogen) atoms. The molecule has 0 fully saturated rings. The molecule has 13 heteroatoms. The highest BCUT2D eigenvalue weighted by Gasteiger charge is 2.17. The summed E-state index contributed by atoms with van der Waals surface area (Å²) >= 11 is 15.9. The molecule has 2 aromatic carbocycles. The van der Waals surface area contributed by atoms with Crippen molar-refractivity contribution in [3.63, 3.8) is 0 Å². The van der Waals surface area contributed by atoms with Crippen LogP contribution in [0, 0.1) is 0 Å². The second-order valence-electron chi connectivity index (χ2n) is 8.97. The van der Waals surface area contributed by atoms with Gasteiger partial charge in [-0.15, -0.1) is 0 Å². The summed E-state index contributed by atoms with van der Waals surface area (Å²) in [6.07, 6.45) is 1.89. The number of hydrogen-bond acceptors (Lipinski definition) is 12. The number of benzene rings is 2. The maximum Gasteiger partial charge on any atom is 0.206 e. The number of hydrogen-bond donors (Lipinski definition) is 2. The largest absolute Gasteiger partial charge is 0.494 e. The van der Waals surface area contributed by atoms with Gasteiger partial charge in [-0.05, 0) is 72.9 Å². The molecule has 0 aromatic heterocycles. The quantitative estimate of drug-likeness (QED) is 0.0717. The Morgan fingerprint density at radius 3 is 1.23 bits per heavy atom. The van der Waals surface area contributed by atoms with Crippen molar-refractivity contribution in [3.05, 3.63) is 48.5 Å². The van der Waals surface area contributed by atoms with E-state index in [9.17, 15) is 8.42 Å². The summed E-state index contributed by atoms with van der Waals surface area (Å²) in [5.74, 6) is 11.5. The maximum absolute atomic E-state index is 13.1. The van der Waals surface area contributed by atoms with Crippen LogP contribution in [-0.4, -0.2) is 106 Å². The predicted octanol–water partition coefficient (Wildman–Crippen LogP) is 6.88. The lowest BCUT2D eigenvalue weighted by molar-refractivity contribution is 0.167. The van der Waals surface area contributed by atoms with E-state index in [0.717, 1.165) is 96.8 Å². The van der Waals surface area contributed by atoms with Gasteiger partial charge >= 0.3 is 0 Å². The van der Waals surface area contributed by atoms with Crippen molar-refractivity contribution in [2.45, 2.75) is 22.6 Å². The Hall–Kier alpha value is 0.01000. The second kappa shape index (κ2) is 26.1. The smallest absolute Gasteiger partial charge is 0.206 e. The molecule has 0 amide bonds. The lowest BCUT2D eigenvalue weighted by atomic mass is 10.3. The number of ether oxygens (including phenoxy) is 4. The van der Waals surface area contributed by atoms with Gasteiger partial charge in [0.2, 0.25) is 9.84 Å². The molecule has 0 aliphatic heterocycles. The molecule has 0 aliphatic carbocycles. The molecule has 0 saturated carbocycles. The standard InChI is InChI=1S/C30H46O6S7/c31-43(32,29-7-3-27(4-8-29)35-11-1-19-39-23-25-41-21-15-33-13-17-37)30-9-5-28(6-10-30)36-12-2-20-40-24-26-42-22-16-34-14-18-38/h3-10,37-38H,1-2,11-26H2. The summed E-state index contributed by atoms with van der Waals surface area (Å²) in [5.41, 5.74) is 0. The number of rotatable bonds is 28. The van der Waals surface area contributed by atoms with E-state index in [4.69, 9.17) is 18.9 Å². The summed E-state index contributed by atoms with van der Waals surface area (Å²) in [6, 6.07) is 13.3. The van der Waals surface area contributed by atoms with Crippen molar-refractivity contribution in [2.75, 3.05) is 97.2 Å². The van der Waals surface area contributed by atoms with Crippen LogP contribution in [0.3, 0.4) is 0 Å². The van der Waals surface area contributed by atoms with E-state index in [-0.39, 0.29) is 9.79 Å². The summed E-state index contributed by atoms with van der Waals surface area (Å²) in [6.45, 7) is 4.24. The van der Waals surface area contributed by atoms with Gasteiger partial charge in [0.05, 0.1) is 49.4 Å². The average molecular weight is 727 g/mol. The predicted molar refractivity (Wildman–Crippen MR) is 197 cm³/mol. The molecule has 0 unspecified atom stereocenters. The Labute approximate surface area is 287 Å². The van der Waals surface area contributed by atoms with Gasteiger partial charge in [0, 0.05) is 46.0 Å². The van der Waals surface area contributed by atoms with Crippen molar-refractivity contribution in [3.8, 4) is 11.5 Å². The Balaban J connectivity index is 1.57. The van der Waals surface area contributed by atoms with E-state index in [1.807, 2.05) is 47.0 Å². The minimum Gasteiger partial charge on any atom is -0.494 e. The zero-order chi connectivity index (χ0) is 30.9. The number of sulfone groups is 1. The van der Waals surface area contributed by atoms with Gasteiger partial charge in [-0.3, -0.25) is 0 Å². The molecule has 0 aliphatic rings. The van der Waals surface area contributed by atoms with Crippen LogP contribution in [0.2, 0.25) is 0 Å². The first-order chi connectivity index (χ1) is 21.1. The van der Waals surface area contributed by atoms with Crippen LogP contribution < -0.4 is 9.47 Å². The molecule has 0 heterocycles. The Morgan fingerprint density at radius 1 is 0.488 bits per heavy atom. The minimum absolute atomic E-state index is 0.248. The molecule has 2 aromatic rings. The van der Waals surface area contributed by atoms with E-state index >= 15 is 0 Å². The van der Waals surface area contributed by atoms with Crippen LogP contribution in [-0.2, 0) is 19.3 Å². The Kier molecular flexibility index (Phi) is 23.8. The van der Waals surface area contributed by atoms with Crippen LogP contribution in [0.15, 0.2) is 58.3 Å². The first-order valence-electron chi connectivity index (χ1n) is 14.5. The van der Waals surface area contributed by atoms with Crippen LogP contribution in [0.5, 0.6) is 11.5 Å². The molecule has 2 rings (SSSR count). The van der Waals surface area contributed by atoms with Gasteiger partial charge in [0.1, 0.15) is 11.5 Å². The molecule has 0 atom stereocenters. The van der Waals surface area contributed by atoms with E-state index in [1.165, 1.54) is 0 Å². The highest BCUT2D eigenvalue weighted by Crippen LogP contribution is 2.25. The van der Waals surface area contributed by atoms with E-state index < -0.39 is 9.84 Å². The van der Waals surface area contributed by atoms with Gasteiger partial charge in [0.15, 0.2) is 0 Å². The molecule has 0 spiro atoms. The topological polar surface area (TPSA) is 71.1 Å². The van der Waals surface area contributed by atoms with Crippen molar-refractivity contribution in [2.24, 2.45) is 0 Å². The van der Waals surface area contributed by atoms with E-state index in [0.29, 0.717) is 24.7 Å². The molecule has 0 N–H and O–H groups in total. The number of thioether (sulfide) groups is 4. The zero-order valence-electron chi connectivity index (χ0n) is 24.7. The maximum atomic E-state index is 13.1. The summed E-state index contributed by atoms with van der Waals surface area (Å²) in [4.78, 5) is 0.496. The van der Waals surface area contributed by atoms with Crippen LogP contribution >= 0.6 is 72.3 Å². The lowest BCUT2D eigenvalue weighted by Crippen LogP contribution is -2.04. The Morgan fingerprint density at radius 2 is 0.860 bits per heavy atom. The summed E-state index contributed by atoms with van der Waals surface area (Å²) in [5, 5.41) is 0. The van der Waals surface area contributed by atoms with Crippen LogP contribution in [0.1, 0.15) is 12.8 Å². The van der Waals surface area contributed by atoms with Crippen molar-refractivity contribution in [1.82, 2.24) is 0 Å². The van der Waals surface area contributed by atoms with Gasteiger partial charge in [-0.2, -0.15) is 72.3 Å². The second-order valence-corrected chi connectivity index (χ2v) is 16.7. The monoisotopic (exact) mass is 726 g/mol. The third kappa shape index (κ3) is 18.7. The van der Waals surface area contributed by atoms with Crippen LogP contribution in [0.4, 0.5) is 0 Å². The van der Waals surface area contributed by atoms with Gasteiger partial charge in [-0.1, -0.05) is 0 Å². The van der Waals surface area contributed by atoms with Gasteiger partial charge < -0.3 is 18.9 Å². The molecule has 6 nitrogen and oxygen atoms in total. The van der Waals surface area contributed by atoms with Crippen LogP contribution in [0.25, 0.3) is 0 Å². The first kappa shape index (κ1) is 39.2. The van der Waals surface area contributed by atoms with E-state index in [2.05, 4.69) is 25.3 Å². The third-order valence-corrected chi connectivity index (χ3v) is 12.3. The van der Waals surface area contributed by atoms with Crippen molar-refractivity contribution in [1.29, 1.82) is 0 Å². The third-order valence-electron chi connectivity index (χ3n) is 5.63. The summed E-state index contributed by atoms with van der Waals surface area (Å²) in [7, 11) is -3.61. The van der Waals surface area contributed by atoms with Gasteiger partial charge in [-0.25, -0.2) is 8.42 Å². The zero-order valence-corrected chi connectivity index (χ0v) is 30.6. The fourth-order valence-electron chi connectivity index (χ4n) is 3.48. The number of thiol groups is 2. The first-order valence-corrected chi connectivity index (χ1v) is 21.8. The molecular formula is C30H46O6S7. The minimum atomic E-state index is -3.61. The normalized spacial score (nSPS) is 11.6. The molecule has 244 valence electrons. The fraction of sp³-hybridized carbons (Fsp3) is 0.600. The molecule has 0 bridgehead atoms. The highest BCUT2D eigenvalue weighted by molar-refractivity contribution is 8.03. The summed E-state index contributed by atoms with van der Waals surface area (Å²) < 4.78 is 48.6. The Bertz CT molecular complexity index is 962. The SMILES string of the molecule is O=S(=O)(c1ccc(OCCCSCCSCCOCCS)cc1)c1ccc(OCCCSCCSCCOCCS)cc1. The molecule has 0 saturated heterocycles. The lowest BCUT2D eigenvalue weighted by Gasteiger charge is -2.10. The fourth-order valence-corrected chi connectivity index (χ4v) is 8.82. The average Bonchev–Trinajstić information content (AvgIpc) is 3.02. The van der Waals surface area contributed by atoms with Crippen molar-refractivity contribution < 1.29 is 27.4 Å². The van der Waals surface area contributed by atoms with E-state index in [1.54, 1.807) is 48.5 Å². The molecular weight excluding hydrogens is 681 g/mol. The van der Waals surface area contributed by atoms with Gasteiger partial charge in [0.25, 0.3) is 0 Å².